The summed E-state index contributed by atoms with van der Waals surface area (Å²) in [7, 11) is 0. The minimum atomic E-state index is -2.56. The highest BCUT2D eigenvalue weighted by Gasteiger charge is 2.35. The molecule has 90 valence electrons. The summed E-state index contributed by atoms with van der Waals surface area (Å²) in [5, 5.41) is 12.3. The zero-order chi connectivity index (χ0) is 11.6. The third-order valence-corrected chi connectivity index (χ3v) is 3.19. The molecule has 1 aliphatic rings. The fourth-order valence-electron chi connectivity index (χ4n) is 1.92. The van der Waals surface area contributed by atoms with Gasteiger partial charge in [-0.1, -0.05) is 0 Å². The van der Waals surface area contributed by atoms with Crippen LogP contribution in [0.5, 0.6) is 0 Å². The second-order valence-electron chi connectivity index (χ2n) is 4.17. The Morgan fingerprint density at radius 3 is 2.81 bits per heavy atom. The molecule has 16 heavy (non-hydrogen) atoms. The van der Waals surface area contributed by atoms with Crippen LogP contribution in [-0.4, -0.2) is 26.8 Å². The van der Waals surface area contributed by atoms with Crippen molar-refractivity contribution in [1.82, 2.24) is 14.9 Å². The molecule has 2 rings (SSSR count). The van der Waals surface area contributed by atoms with Crippen LogP contribution < -0.4 is 5.32 Å². The van der Waals surface area contributed by atoms with E-state index in [4.69, 9.17) is 0 Å². The Kier molecular flexibility index (Phi) is 3.20. The van der Waals surface area contributed by atoms with Gasteiger partial charge in [-0.05, 0) is 19.3 Å². The average molecular weight is 231 g/mol. The average Bonchev–Trinajstić information content (AvgIpc) is 2.65. The molecule has 0 amide bonds. The van der Waals surface area contributed by atoms with Gasteiger partial charge in [0.1, 0.15) is 5.82 Å². The van der Waals surface area contributed by atoms with Gasteiger partial charge in [-0.15, -0.1) is 0 Å². The summed E-state index contributed by atoms with van der Waals surface area (Å²) in [6, 6.07) is 0. The van der Waals surface area contributed by atoms with E-state index < -0.39 is 6.55 Å². The molecule has 0 aliphatic heterocycles. The van der Waals surface area contributed by atoms with Crippen molar-refractivity contribution in [3.63, 3.8) is 0 Å². The number of rotatable bonds is 5. The zero-order valence-corrected chi connectivity index (χ0v) is 8.87. The van der Waals surface area contributed by atoms with Gasteiger partial charge >= 0.3 is 6.55 Å². The van der Waals surface area contributed by atoms with Crippen LogP contribution in [0.3, 0.4) is 0 Å². The Bertz CT molecular complexity index is 344. The van der Waals surface area contributed by atoms with Gasteiger partial charge < -0.3 is 10.4 Å². The Hall–Kier alpha value is -1.01. The first-order valence-electron chi connectivity index (χ1n) is 5.33. The Balaban J connectivity index is 1.96. The number of aliphatic hydroxyl groups is 1. The lowest BCUT2D eigenvalue weighted by Crippen LogP contribution is -2.53. The van der Waals surface area contributed by atoms with Crippen molar-refractivity contribution in [2.24, 2.45) is 0 Å². The fourth-order valence-corrected chi connectivity index (χ4v) is 1.92. The third kappa shape index (κ3) is 2.08. The van der Waals surface area contributed by atoms with Crippen molar-refractivity contribution >= 4 is 0 Å². The van der Waals surface area contributed by atoms with E-state index in [9.17, 15) is 13.9 Å². The molecule has 6 heteroatoms. The monoisotopic (exact) mass is 231 g/mol. The standard InChI is InChI=1S/C10H15F2N3O/c11-9(12)15-5-4-13-8(15)6-14-10(7-16)2-1-3-10/h4-5,9,14,16H,1-3,6-7H2. The molecule has 1 fully saturated rings. The number of aliphatic hydroxyl groups excluding tert-OH is 1. The molecule has 0 bridgehead atoms. The van der Waals surface area contributed by atoms with E-state index in [0.717, 1.165) is 23.8 Å². The van der Waals surface area contributed by atoms with Crippen LogP contribution in [-0.2, 0) is 6.54 Å². The molecule has 2 N–H and O–H groups in total. The molecule has 0 radical (unpaired) electrons. The highest BCUT2D eigenvalue weighted by molar-refractivity contribution is 4.99. The van der Waals surface area contributed by atoms with E-state index >= 15 is 0 Å². The lowest BCUT2D eigenvalue weighted by Gasteiger charge is -2.41. The number of nitrogens with zero attached hydrogens (tertiary/aromatic N) is 2. The minimum Gasteiger partial charge on any atom is -0.394 e. The molecule has 1 aromatic heterocycles. The number of alkyl halides is 2. The van der Waals surface area contributed by atoms with Crippen molar-refractivity contribution in [1.29, 1.82) is 0 Å². The number of imidazole rings is 1. The molecule has 0 atom stereocenters. The van der Waals surface area contributed by atoms with Crippen LogP contribution in [0.4, 0.5) is 8.78 Å². The molecule has 0 aromatic carbocycles. The molecule has 1 heterocycles. The second-order valence-corrected chi connectivity index (χ2v) is 4.17. The Morgan fingerprint density at radius 1 is 1.56 bits per heavy atom. The summed E-state index contributed by atoms with van der Waals surface area (Å²) in [6.45, 7) is -2.26. The predicted molar refractivity (Wildman–Crippen MR) is 54.0 cm³/mol. The molecule has 1 aromatic rings. The van der Waals surface area contributed by atoms with Gasteiger partial charge in [0, 0.05) is 17.9 Å². The van der Waals surface area contributed by atoms with Crippen molar-refractivity contribution in [2.45, 2.75) is 37.9 Å². The van der Waals surface area contributed by atoms with Gasteiger partial charge in [0.25, 0.3) is 0 Å². The van der Waals surface area contributed by atoms with E-state index in [-0.39, 0.29) is 18.7 Å². The van der Waals surface area contributed by atoms with Gasteiger partial charge in [-0.25, -0.2) is 4.98 Å². The normalized spacial score (nSPS) is 18.8. The van der Waals surface area contributed by atoms with Gasteiger partial charge in [0.2, 0.25) is 0 Å². The van der Waals surface area contributed by atoms with Crippen molar-refractivity contribution in [3.8, 4) is 0 Å². The molecule has 0 unspecified atom stereocenters. The molecule has 0 spiro atoms. The first-order valence-corrected chi connectivity index (χ1v) is 5.33. The van der Waals surface area contributed by atoms with E-state index in [2.05, 4.69) is 10.3 Å². The maximum atomic E-state index is 12.5. The van der Waals surface area contributed by atoms with Gasteiger partial charge in [0.15, 0.2) is 0 Å². The number of hydrogen-bond acceptors (Lipinski definition) is 3. The lowest BCUT2D eigenvalue weighted by atomic mass is 9.77. The predicted octanol–water partition coefficient (Wildman–Crippen LogP) is 1.28. The van der Waals surface area contributed by atoms with Crippen LogP contribution in [0.25, 0.3) is 0 Å². The first kappa shape index (κ1) is 11.5. The highest BCUT2D eigenvalue weighted by Crippen LogP contribution is 2.31. The lowest BCUT2D eigenvalue weighted by molar-refractivity contribution is 0.0613. The third-order valence-electron chi connectivity index (χ3n) is 3.19. The molecule has 4 nitrogen and oxygen atoms in total. The van der Waals surface area contributed by atoms with Crippen molar-refractivity contribution in [3.05, 3.63) is 18.2 Å². The zero-order valence-electron chi connectivity index (χ0n) is 8.87. The number of halogens is 2. The van der Waals surface area contributed by atoms with Crippen LogP contribution in [0.2, 0.25) is 0 Å². The number of hydrogen-bond donors (Lipinski definition) is 2. The molecular formula is C10H15F2N3O. The summed E-state index contributed by atoms with van der Waals surface area (Å²) < 4.78 is 25.8. The minimum absolute atomic E-state index is 0.0440. The summed E-state index contributed by atoms with van der Waals surface area (Å²) >= 11 is 0. The van der Waals surface area contributed by atoms with Crippen molar-refractivity contribution in [2.75, 3.05) is 6.61 Å². The first-order chi connectivity index (χ1) is 7.67. The van der Waals surface area contributed by atoms with Gasteiger partial charge in [-0.2, -0.15) is 8.78 Å². The summed E-state index contributed by atoms with van der Waals surface area (Å²) in [5.74, 6) is 0.301. The van der Waals surface area contributed by atoms with Gasteiger partial charge in [-0.3, -0.25) is 4.57 Å². The highest BCUT2D eigenvalue weighted by atomic mass is 19.3. The molecular weight excluding hydrogens is 216 g/mol. The summed E-state index contributed by atoms with van der Waals surface area (Å²) in [4.78, 5) is 3.87. The molecule has 1 aliphatic carbocycles. The van der Waals surface area contributed by atoms with E-state index in [1.165, 1.54) is 12.4 Å². The Morgan fingerprint density at radius 2 is 2.31 bits per heavy atom. The van der Waals surface area contributed by atoms with Crippen LogP contribution in [0.1, 0.15) is 31.6 Å². The largest absolute Gasteiger partial charge is 0.394 e. The Labute approximate surface area is 92.3 Å². The van der Waals surface area contributed by atoms with Crippen LogP contribution >= 0.6 is 0 Å². The maximum Gasteiger partial charge on any atom is 0.319 e. The summed E-state index contributed by atoms with van der Waals surface area (Å²) in [5.41, 5.74) is -0.279. The summed E-state index contributed by atoms with van der Waals surface area (Å²) in [6.07, 6.45) is 5.46. The van der Waals surface area contributed by atoms with Crippen LogP contribution in [0.15, 0.2) is 12.4 Å². The number of nitrogens with one attached hydrogen (secondary N) is 1. The van der Waals surface area contributed by atoms with Crippen LogP contribution in [0, 0.1) is 0 Å². The smallest absolute Gasteiger partial charge is 0.319 e. The van der Waals surface area contributed by atoms with E-state index in [0.29, 0.717) is 5.82 Å². The topological polar surface area (TPSA) is 50.1 Å². The van der Waals surface area contributed by atoms with Crippen molar-refractivity contribution < 1.29 is 13.9 Å². The SMILES string of the molecule is OCC1(NCc2nccn2C(F)F)CCC1. The van der Waals surface area contributed by atoms with E-state index in [1.807, 2.05) is 0 Å². The van der Waals surface area contributed by atoms with E-state index in [1.54, 1.807) is 0 Å². The quantitative estimate of drug-likeness (QED) is 0.802. The second kappa shape index (κ2) is 4.47. The molecule has 0 saturated heterocycles. The number of aromatic nitrogens is 2. The fraction of sp³-hybridized carbons (Fsp3) is 0.700. The molecule has 1 saturated carbocycles. The maximum absolute atomic E-state index is 12.5. The van der Waals surface area contributed by atoms with Gasteiger partial charge in [0.05, 0.1) is 13.2 Å².